The van der Waals surface area contributed by atoms with Crippen molar-refractivity contribution in [3.8, 4) is 0 Å². The summed E-state index contributed by atoms with van der Waals surface area (Å²) in [6.45, 7) is 2.72. The summed E-state index contributed by atoms with van der Waals surface area (Å²) in [5, 5.41) is 14.5. The number of nitrogens with one attached hydrogen (secondary N) is 1. The average molecular weight is 340 g/mol. The quantitative estimate of drug-likeness (QED) is 0.678. The van der Waals surface area contributed by atoms with E-state index in [1.54, 1.807) is 23.1 Å². The van der Waals surface area contributed by atoms with Crippen LogP contribution in [-0.2, 0) is 11.3 Å². The van der Waals surface area contributed by atoms with Crippen LogP contribution in [0.2, 0.25) is 0 Å². The van der Waals surface area contributed by atoms with Crippen LogP contribution >= 0.6 is 12.4 Å². The van der Waals surface area contributed by atoms with E-state index in [1.165, 1.54) is 6.07 Å². The van der Waals surface area contributed by atoms with Gasteiger partial charge in [-0.05, 0) is 32.2 Å². The van der Waals surface area contributed by atoms with Crippen LogP contribution in [0.4, 0.5) is 5.69 Å². The number of rotatable bonds is 3. The summed E-state index contributed by atoms with van der Waals surface area (Å²) in [5.41, 5.74) is 0.415. The number of halogens is 1. The van der Waals surface area contributed by atoms with E-state index in [-0.39, 0.29) is 34.3 Å². The van der Waals surface area contributed by atoms with Crippen molar-refractivity contribution in [2.75, 3.05) is 19.6 Å². The Morgan fingerprint density at radius 1 is 1.26 bits per heavy atom. The molecule has 23 heavy (non-hydrogen) atoms. The van der Waals surface area contributed by atoms with Crippen molar-refractivity contribution in [1.82, 2.24) is 10.2 Å². The Morgan fingerprint density at radius 3 is 2.70 bits per heavy atom. The predicted octanol–water partition coefficient (Wildman–Crippen LogP) is 2.51. The number of nitrogens with zero attached hydrogens (tertiary/aromatic N) is 2. The highest BCUT2D eigenvalue weighted by Gasteiger charge is 2.44. The molecule has 1 aromatic rings. The Hall–Kier alpha value is -1.66. The lowest BCUT2D eigenvalue weighted by atomic mass is 9.73. The van der Waals surface area contributed by atoms with Gasteiger partial charge in [0.05, 0.1) is 16.9 Å². The number of piperidine rings is 2. The number of nitro benzene ring substituents is 1. The first-order valence-corrected chi connectivity index (χ1v) is 7.85. The third-order valence-corrected chi connectivity index (χ3v) is 4.85. The molecule has 2 saturated heterocycles. The van der Waals surface area contributed by atoms with Gasteiger partial charge in [0.1, 0.15) is 0 Å². The molecular weight excluding hydrogens is 318 g/mol. The van der Waals surface area contributed by atoms with Crippen molar-refractivity contribution in [3.05, 3.63) is 39.9 Å². The minimum Gasteiger partial charge on any atom is -0.338 e. The molecule has 1 unspecified atom stereocenters. The normalized spacial score (nSPS) is 24.3. The van der Waals surface area contributed by atoms with Crippen LogP contribution in [0.15, 0.2) is 24.3 Å². The van der Waals surface area contributed by atoms with E-state index in [0.29, 0.717) is 18.7 Å². The highest BCUT2D eigenvalue weighted by atomic mass is 35.5. The molecule has 2 heterocycles. The summed E-state index contributed by atoms with van der Waals surface area (Å²) < 4.78 is 0. The van der Waals surface area contributed by atoms with E-state index in [9.17, 15) is 14.9 Å². The number of benzene rings is 1. The summed E-state index contributed by atoms with van der Waals surface area (Å²) in [6.07, 6.45) is 3.83. The molecule has 126 valence electrons. The second-order valence-electron chi connectivity index (χ2n) is 6.28. The average Bonchev–Trinajstić information content (AvgIpc) is 2.53. The first-order chi connectivity index (χ1) is 10.6. The predicted molar refractivity (Wildman–Crippen MR) is 89.5 cm³/mol. The maximum Gasteiger partial charge on any atom is 0.274 e. The van der Waals surface area contributed by atoms with Gasteiger partial charge in [-0.2, -0.15) is 0 Å². The molecule has 2 aliphatic heterocycles. The summed E-state index contributed by atoms with van der Waals surface area (Å²) >= 11 is 0. The van der Waals surface area contributed by atoms with Crippen LogP contribution in [0.3, 0.4) is 0 Å². The summed E-state index contributed by atoms with van der Waals surface area (Å²) in [4.78, 5) is 25.5. The summed E-state index contributed by atoms with van der Waals surface area (Å²) in [5.74, 6) is 0.157. The third-order valence-electron chi connectivity index (χ3n) is 4.85. The van der Waals surface area contributed by atoms with Crippen LogP contribution in [0.5, 0.6) is 0 Å². The molecule has 0 bridgehead atoms. The molecule has 1 aromatic carbocycles. The third kappa shape index (κ3) is 3.48. The van der Waals surface area contributed by atoms with Gasteiger partial charge in [-0.1, -0.05) is 18.2 Å². The zero-order valence-electron chi connectivity index (χ0n) is 13.0. The van der Waals surface area contributed by atoms with Gasteiger partial charge in [0.15, 0.2) is 0 Å². The van der Waals surface area contributed by atoms with Crippen molar-refractivity contribution in [2.24, 2.45) is 5.41 Å². The number of hydrogen-bond acceptors (Lipinski definition) is 4. The van der Waals surface area contributed by atoms with Gasteiger partial charge in [-0.3, -0.25) is 14.9 Å². The van der Waals surface area contributed by atoms with E-state index in [2.05, 4.69) is 5.32 Å². The molecule has 0 radical (unpaired) electrons. The van der Waals surface area contributed by atoms with E-state index in [1.807, 2.05) is 0 Å². The van der Waals surface area contributed by atoms with E-state index in [0.717, 1.165) is 38.8 Å². The number of carbonyl (C=O) groups is 1. The van der Waals surface area contributed by atoms with Gasteiger partial charge in [-0.25, -0.2) is 0 Å². The first kappa shape index (κ1) is 17.7. The molecule has 0 saturated carbocycles. The zero-order valence-corrected chi connectivity index (χ0v) is 13.8. The van der Waals surface area contributed by atoms with Crippen LogP contribution in [0.1, 0.15) is 31.2 Å². The van der Waals surface area contributed by atoms with Crippen LogP contribution in [0, 0.1) is 15.5 Å². The topological polar surface area (TPSA) is 75.5 Å². The largest absolute Gasteiger partial charge is 0.338 e. The van der Waals surface area contributed by atoms with Crippen LogP contribution in [0.25, 0.3) is 0 Å². The van der Waals surface area contributed by atoms with Crippen LogP contribution in [-0.4, -0.2) is 35.4 Å². The van der Waals surface area contributed by atoms with Gasteiger partial charge < -0.3 is 10.2 Å². The van der Waals surface area contributed by atoms with Crippen molar-refractivity contribution in [3.63, 3.8) is 0 Å². The molecule has 1 atom stereocenters. The molecule has 6 nitrogen and oxygen atoms in total. The minimum atomic E-state index is -0.373. The van der Waals surface area contributed by atoms with Crippen LogP contribution < -0.4 is 5.32 Å². The number of hydrogen-bond donors (Lipinski definition) is 1. The van der Waals surface area contributed by atoms with Crippen molar-refractivity contribution < 1.29 is 9.72 Å². The Balaban J connectivity index is 0.00000192. The zero-order chi connectivity index (χ0) is 15.6. The molecule has 3 rings (SSSR count). The van der Waals surface area contributed by atoms with Crippen molar-refractivity contribution in [1.29, 1.82) is 0 Å². The highest BCUT2D eigenvalue weighted by Crippen LogP contribution is 2.38. The molecule has 1 spiro atoms. The van der Waals surface area contributed by atoms with Crippen molar-refractivity contribution in [2.45, 2.75) is 32.2 Å². The fourth-order valence-electron chi connectivity index (χ4n) is 3.70. The monoisotopic (exact) mass is 339 g/mol. The summed E-state index contributed by atoms with van der Waals surface area (Å²) in [7, 11) is 0. The molecule has 7 heteroatoms. The second-order valence-corrected chi connectivity index (χ2v) is 6.28. The number of likely N-dealkylation sites (tertiary alicyclic amines) is 1. The number of carbonyl (C=O) groups excluding carboxylic acids is 1. The van der Waals surface area contributed by atoms with Gasteiger partial charge in [0.25, 0.3) is 5.69 Å². The lowest BCUT2D eigenvalue weighted by molar-refractivity contribution is -0.385. The number of para-hydroxylation sites is 1. The minimum absolute atomic E-state index is 0. The smallest absolute Gasteiger partial charge is 0.274 e. The number of amides is 1. The Labute approximate surface area is 141 Å². The van der Waals surface area contributed by atoms with E-state index < -0.39 is 0 Å². The SMILES string of the molecule is Cl.O=C1N(Cc2ccccc2[N+](=O)[O-])CCCC12CCCNC2. The van der Waals surface area contributed by atoms with Gasteiger partial charge in [0, 0.05) is 24.7 Å². The molecular formula is C16H22ClN3O3. The molecule has 1 N–H and O–H groups in total. The molecule has 1 amide bonds. The second kappa shape index (κ2) is 7.27. The van der Waals surface area contributed by atoms with Gasteiger partial charge >= 0.3 is 0 Å². The lowest BCUT2D eigenvalue weighted by Gasteiger charge is -2.44. The molecule has 0 aromatic heterocycles. The van der Waals surface area contributed by atoms with Gasteiger partial charge in [-0.15, -0.1) is 12.4 Å². The molecule has 2 fully saturated rings. The first-order valence-electron chi connectivity index (χ1n) is 7.85. The Morgan fingerprint density at radius 2 is 2.00 bits per heavy atom. The Kier molecular flexibility index (Phi) is 5.59. The maximum absolute atomic E-state index is 12.9. The lowest BCUT2D eigenvalue weighted by Crippen LogP contribution is -2.54. The fraction of sp³-hybridized carbons (Fsp3) is 0.562. The van der Waals surface area contributed by atoms with E-state index >= 15 is 0 Å². The standard InChI is InChI=1S/C16H21N3O3.ClH/c20-15-16(7-3-9-17-12-16)8-4-10-18(15)11-13-5-1-2-6-14(13)19(21)22;/h1-2,5-6,17H,3-4,7-12H2;1H. The number of nitro groups is 1. The maximum atomic E-state index is 12.9. The molecule has 0 aliphatic carbocycles. The fourth-order valence-corrected chi connectivity index (χ4v) is 3.70. The van der Waals surface area contributed by atoms with E-state index in [4.69, 9.17) is 0 Å². The summed E-state index contributed by atoms with van der Waals surface area (Å²) in [6, 6.07) is 6.69. The van der Waals surface area contributed by atoms with Crippen molar-refractivity contribution >= 4 is 24.0 Å². The molecule has 2 aliphatic rings. The highest BCUT2D eigenvalue weighted by molar-refractivity contribution is 5.85. The Bertz CT molecular complexity index is 582. The van der Waals surface area contributed by atoms with Gasteiger partial charge in [0.2, 0.25) is 5.91 Å².